The summed E-state index contributed by atoms with van der Waals surface area (Å²) in [6.07, 6.45) is 2.87. The second-order valence-electron chi connectivity index (χ2n) is 5.57. The number of halogens is 2. The topological polar surface area (TPSA) is 49.4 Å². The fourth-order valence-electron chi connectivity index (χ4n) is 2.97. The molecule has 3 rings (SSSR count). The molecule has 0 saturated carbocycles. The van der Waals surface area contributed by atoms with E-state index in [0.29, 0.717) is 18.9 Å². The van der Waals surface area contributed by atoms with Gasteiger partial charge in [0.2, 0.25) is 0 Å². The van der Waals surface area contributed by atoms with Gasteiger partial charge in [-0.25, -0.2) is 8.78 Å². The smallest absolute Gasteiger partial charge is 0.261 e. The van der Waals surface area contributed by atoms with Gasteiger partial charge in [0.05, 0.1) is 11.1 Å². The maximum Gasteiger partial charge on any atom is 0.261 e. The Morgan fingerprint density at radius 2 is 1.76 bits per heavy atom. The average Bonchev–Trinajstić information content (AvgIpc) is 2.71. The summed E-state index contributed by atoms with van der Waals surface area (Å²) in [5.74, 6) is -2.84. The van der Waals surface area contributed by atoms with Crippen molar-refractivity contribution in [3.8, 4) is 0 Å². The van der Waals surface area contributed by atoms with Crippen LogP contribution in [0.15, 0.2) is 12.1 Å². The molecule has 0 spiro atoms. The van der Waals surface area contributed by atoms with E-state index in [1.165, 1.54) is 0 Å². The Balaban J connectivity index is 1.73. The van der Waals surface area contributed by atoms with Crippen LogP contribution in [0.1, 0.15) is 40.0 Å². The molecule has 0 aliphatic carbocycles. The summed E-state index contributed by atoms with van der Waals surface area (Å²) >= 11 is 0. The molecule has 1 unspecified atom stereocenters. The molecular formula is C15H16F2N2O2. The molecule has 1 aromatic rings. The zero-order chi connectivity index (χ0) is 15.0. The summed E-state index contributed by atoms with van der Waals surface area (Å²) in [5, 5.41) is 3.28. The van der Waals surface area contributed by atoms with Crippen LogP contribution < -0.4 is 5.32 Å². The van der Waals surface area contributed by atoms with Crippen LogP contribution in [0, 0.1) is 17.6 Å². The number of piperidine rings is 1. The van der Waals surface area contributed by atoms with Crippen LogP contribution in [0.2, 0.25) is 0 Å². The second kappa shape index (κ2) is 5.52. The van der Waals surface area contributed by atoms with Gasteiger partial charge in [-0.05, 0) is 50.4 Å². The molecule has 6 heteroatoms. The molecule has 4 nitrogen and oxygen atoms in total. The average molecular weight is 294 g/mol. The third-order valence-corrected chi connectivity index (χ3v) is 4.17. The zero-order valence-electron chi connectivity index (χ0n) is 11.5. The fraction of sp³-hybridized carbons (Fsp3) is 0.467. The van der Waals surface area contributed by atoms with Crippen LogP contribution in [0.3, 0.4) is 0 Å². The molecule has 0 bridgehead atoms. The molecule has 21 heavy (non-hydrogen) atoms. The Hall–Kier alpha value is -1.82. The Labute approximate surface area is 121 Å². The van der Waals surface area contributed by atoms with E-state index < -0.39 is 23.4 Å². The highest BCUT2D eigenvalue weighted by Gasteiger charge is 2.36. The predicted molar refractivity (Wildman–Crippen MR) is 71.9 cm³/mol. The minimum absolute atomic E-state index is 0.0410. The van der Waals surface area contributed by atoms with Gasteiger partial charge >= 0.3 is 0 Å². The van der Waals surface area contributed by atoms with E-state index in [2.05, 4.69) is 5.32 Å². The normalized spacial score (nSPS) is 21.8. The highest BCUT2D eigenvalue weighted by molar-refractivity contribution is 6.21. The Morgan fingerprint density at radius 3 is 2.29 bits per heavy atom. The van der Waals surface area contributed by atoms with Crippen LogP contribution in [0.25, 0.3) is 0 Å². The van der Waals surface area contributed by atoms with Crippen LogP contribution in [-0.2, 0) is 0 Å². The fourth-order valence-corrected chi connectivity index (χ4v) is 2.97. The van der Waals surface area contributed by atoms with Gasteiger partial charge in [-0.2, -0.15) is 0 Å². The van der Waals surface area contributed by atoms with Gasteiger partial charge in [0.25, 0.3) is 11.8 Å². The summed E-state index contributed by atoms with van der Waals surface area (Å²) in [4.78, 5) is 25.4. The number of carbonyl (C=O) groups excluding carboxylic acids is 2. The lowest BCUT2D eigenvalue weighted by molar-refractivity contribution is 0.0643. The first kappa shape index (κ1) is 14.1. The van der Waals surface area contributed by atoms with Crippen molar-refractivity contribution >= 4 is 11.8 Å². The van der Waals surface area contributed by atoms with E-state index in [1.807, 2.05) is 0 Å². The SMILES string of the molecule is O=C1c2cc(F)c(F)cc2C(=O)N1CCC1CCCNC1. The summed E-state index contributed by atoms with van der Waals surface area (Å²) in [5.41, 5.74) is -0.0821. The van der Waals surface area contributed by atoms with Crippen molar-refractivity contribution < 1.29 is 18.4 Å². The summed E-state index contributed by atoms with van der Waals surface area (Å²) in [6, 6.07) is 1.63. The van der Waals surface area contributed by atoms with Gasteiger partial charge in [-0.15, -0.1) is 0 Å². The van der Waals surface area contributed by atoms with Crippen molar-refractivity contribution in [2.45, 2.75) is 19.3 Å². The number of hydrogen-bond donors (Lipinski definition) is 1. The van der Waals surface area contributed by atoms with E-state index >= 15 is 0 Å². The van der Waals surface area contributed by atoms with E-state index in [1.54, 1.807) is 0 Å². The molecule has 0 aromatic heterocycles. The van der Waals surface area contributed by atoms with Crippen LogP contribution in [0.5, 0.6) is 0 Å². The first-order valence-electron chi connectivity index (χ1n) is 7.14. The van der Waals surface area contributed by atoms with Crippen molar-refractivity contribution in [2.75, 3.05) is 19.6 Å². The number of amides is 2. The maximum atomic E-state index is 13.2. The molecular weight excluding hydrogens is 278 g/mol. The van der Waals surface area contributed by atoms with E-state index in [-0.39, 0.29) is 11.1 Å². The summed E-state index contributed by atoms with van der Waals surface area (Å²) < 4.78 is 26.4. The number of hydrogen-bond acceptors (Lipinski definition) is 3. The largest absolute Gasteiger partial charge is 0.316 e. The number of carbonyl (C=O) groups is 2. The second-order valence-corrected chi connectivity index (χ2v) is 5.57. The number of nitrogens with zero attached hydrogens (tertiary/aromatic N) is 1. The lowest BCUT2D eigenvalue weighted by Gasteiger charge is -2.24. The molecule has 1 aromatic carbocycles. The van der Waals surface area contributed by atoms with Crippen molar-refractivity contribution in [3.63, 3.8) is 0 Å². The molecule has 1 atom stereocenters. The summed E-state index contributed by atoms with van der Waals surface area (Å²) in [7, 11) is 0. The van der Waals surface area contributed by atoms with Gasteiger partial charge in [0.1, 0.15) is 0 Å². The minimum Gasteiger partial charge on any atom is -0.316 e. The Bertz CT molecular complexity index is 557. The number of fused-ring (bicyclic) bond motifs is 1. The molecule has 1 N–H and O–H groups in total. The van der Waals surface area contributed by atoms with Gasteiger partial charge < -0.3 is 5.32 Å². The number of imide groups is 1. The number of nitrogens with one attached hydrogen (secondary N) is 1. The van der Waals surface area contributed by atoms with Gasteiger partial charge in [-0.3, -0.25) is 14.5 Å². The summed E-state index contributed by atoms with van der Waals surface area (Å²) in [6.45, 7) is 2.18. The van der Waals surface area contributed by atoms with Crippen molar-refractivity contribution in [2.24, 2.45) is 5.92 Å². The molecule has 0 radical (unpaired) electrons. The third-order valence-electron chi connectivity index (χ3n) is 4.17. The molecule has 2 aliphatic heterocycles. The van der Waals surface area contributed by atoms with Gasteiger partial charge in [0, 0.05) is 6.54 Å². The Morgan fingerprint density at radius 1 is 1.14 bits per heavy atom. The maximum absolute atomic E-state index is 13.2. The number of benzene rings is 1. The van der Waals surface area contributed by atoms with E-state index in [4.69, 9.17) is 0 Å². The monoisotopic (exact) mass is 294 g/mol. The zero-order valence-corrected chi connectivity index (χ0v) is 11.5. The van der Waals surface area contributed by atoms with Crippen molar-refractivity contribution in [1.29, 1.82) is 0 Å². The minimum atomic E-state index is -1.10. The van der Waals surface area contributed by atoms with Crippen LogP contribution in [-0.4, -0.2) is 36.3 Å². The molecule has 2 aliphatic rings. The van der Waals surface area contributed by atoms with E-state index in [9.17, 15) is 18.4 Å². The van der Waals surface area contributed by atoms with Crippen LogP contribution in [0.4, 0.5) is 8.78 Å². The first-order chi connectivity index (χ1) is 10.1. The highest BCUT2D eigenvalue weighted by atomic mass is 19.2. The molecule has 1 fully saturated rings. The van der Waals surface area contributed by atoms with Crippen molar-refractivity contribution in [3.05, 3.63) is 34.9 Å². The first-order valence-corrected chi connectivity index (χ1v) is 7.14. The number of rotatable bonds is 3. The Kier molecular flexibility index (Phi) is 3.71. The van der Waals surface area contributed by atoms with Crippen molar-refractivity contribution in [1.82, 2.24) is 10.2 Å². The van der Waals surface area contributed by atoms with Gasteiger partial charge in [-0.1, -0.05) is 0 Å². The standard InChI is InChI=1S/C15H16F2N2O2/c16-12-6-10-11(7-13(12)17)15(21)19(14(10)20)5-3-9-2-1-4-18-8-9/h6-7,9,18H,1-5,8H2. The molecule has 2 amide bonds. The molecule has 1 saturated heterocycles. The molecule has 2 heterocycles. The van der Waals surface area contributed by atoms with Gasteiger partial charge in [0.15, 0.2) is 11.6 Å². The lowest BCUT2D eigenvalue weighted by Crippen LogP contribution is -2.35. The quantitative estimate of drug-likeness (QED) is 0.867. The predicted octanol–water partition coefficient (Wildman–Crippen LogP) is 1.95. The highest BCUT2D eigenvalue weighted by Crippen LogP contribution is 2.26. The van der Waals surface area contributed by atoms with Crippen LogP contribution >= 0.6 is 0 Å². The lowest BCUT2D eigenvalue weighted by atomic mass is 9.96. The molecule has 112 valence electrons. The third kappa shape index (κ3) is 2.55. The van der Waals surface area contributed by atoms with E-state index in [0.717, 1.165) is 43.0 Å².